The van der Waals surface area contributed by atoms with E-state index in [1.165, 1.54) is 17.7 Å². The maximum absolute atomic E-state index is 13.3. The maximum atomic E-state index is 13.3. The molecule has 0 bridgehead atoms. The van der Waals surface area contributed by atoms with E-state index in [1.54, 1.807) is 10.8 Å². The van der Waals surface area contributed by atoms with Crippen molar-refractivity contribution in [3.05, 3.63) is 99.0 Å². The molecule has 31 heavy (non-hydrogen) atoms. The molecule has 0 unspecified atom stereocenters. The van der Waals surface area contributed by atoms with Gasteiger partial charge in [0.25, 0.3) is 5.56 Å². The van der Waals surface area contributed by atoms with Crippen LogP contribution in [0.4, 0.5) is 13.2 Å². The topological polar surface area (TPSA) is 53.9 Å². The quantitative estimate of drug-likeness (QED) is 0.531. The molecule has 0 spiro atoms. The number of nitrogens with one attached hydrogen (secondary N) is 1. The monoisotopic (exact) mass is 424 g/mol. The van der Waals surface area contributed by atoms with Gasteiger partial charge in [-0.05, 0) is 28.8 Å². The molecule has 1 aliphatic heterocycles. The van der Waals surface area contributed by atoms with Gasteiger partial charge in [0.2, 0.25) is 0 Å². The van der Waals surface area contributed by atoms with E-state index in [0.717, 1.165) is 35.2 Å². The number of benzene rings is 2. The summed E-state index contributed by atoms with van der Waals surface area (Å²) in [5.41, 5.74) is 3.22. The fourth-order valence-electron chi connectivity index (χ4n) is 4.19. The second kappa shape index (κ2) is 7.39. The van der Waals surface area contributed by atoms with Gasteiger partial charge in [-0.1, -0.05) is 42.5 Å². The molecule has 5 nitrogen and oxygen atoms in total. The van der Waals surface area contributed by atoms with Gasteiger partial charge in [0.15, 0.2) is 0 Å². The van der Waals surface area contributed by atoms with Crippen LogP contribution in [0.15, 0.2) is 65.6 Å². The molecule has 0 fully saturated rings. The van der Waals surface area contributed by atoms with Crippen molar-refractivity contribution in [3.63, 3.8) is 0 Å². The van der Waals surface area contributed by atoms with E-state index in [9.17, 15) is 18.0 Å². The molecule has 1 aliphatic rings. The number of aromatic nitrogens is 3. The van der Waals surface area contributed by atoms with Crippen molar-refractivity contribution in [3.8, 4) is 0 Å². The minimum Gasteiger partial charge on any atom is -0.290 e. The predicted octanol–water partition coefficient (Wildman–Crippen LogP) is 4.31. The molecule has 8 heteroatoms. The first-order valence-corrected chi connectivity index (χ1v) is 9.90. The van der Waals surface area contributed by atoms with Gasteiger partial charge in [-0.15, -0.1) is 0 Å². The number of H-pyrrole nitrogens is 1. The molecule has 0 atom stereocenters. The molecule has 4 aromatic rings. The van der Waals surface area contributed by atoms with Crippen LogP contribution in [0.3, 0.4) is 0 Å². The molecular formula is C23H19F3N4O. The van der Waals surface area contributed by atoms with Gasteiger partial charge in [0, 0.05) is 30.6 Å². The Labute approximate surface area is 175 Å². The molecule has 3 heterocycles. The Hall–Kier alpha value is -3.39. The number of aromatic amines is 1. The fraction of sp³-hybridized carbons (Fsp3) is 0.217. The molecule has 0 radical (unpaired) electrons. The highest BCUT2D eigenvalue weighted by Crippen LogP contribution is 2.30. The molecule has 2 aromatic carbocycles. The van der Waals surface area contributed by atoms with Crippen molar-refractivity contribution in [2.45, 2.75) is 32.4 Å². The van der Waals surface area contributed by atoms with Crippen molar-refractivity contribution in [1.29, 1.82) is 0 Å². The third-order valence-electron chi connectivity index (χ3n) is 5.72. The lowest BCUT2D eigenvalue weighted by Gasteiger charge is -2.14. The number of pyridine rings is 1. The zero-order valence-electron chi connectivity index (χ0n) is 16.5. The molecule has 5 rings (SSSR count). The highest BCUT2D eigenvalue weighted by atomic mass is 19.4. The molecule has 2 aromatic heterocycles. The molecule has 0 saturated carbocycles. The van der Waals surface area contributed by atoms with Crippen molar-refractivity contribution in [1.82, 2.24) is 19.7 Å². The number of halogens is 3. The average Bonchev–Trinajstić information content (AvgIpc) is 3.39. The molecule has 0 amide bonds. The van der Waals surface area contributed by atoms with E-state index in [-0.39, 0.29) is 12.1 Å². The lowest BCUT2D eigenvalue weighted by Crippen LogP contribution is -2.26. The number of fused-ring (bicyclic) bond motifs is 3. The van der Waals surface area contributed by atoms with Crippen LogP contribution in [0.1, 0.15) is 27.8 Å². The number of rotatable bonds is 4. The van der Waals surface area contributed by atoms with E-state index in [1.807, 2.05) is 18.2 Å². The normalized spacial score (nSPS) is 14.3. The number of alkyl halides is 3. The first kappa shape index (κ1) is 19.6. The molecule has 0 aliphatic carbocycles. The summed E-state index contributed by atoms with van der Waals surface area (Å²) >= 11 is 0. The van der Waals surface area contributed by atoms with Gasteiger partial charge in [0.1, 0.15) is 5.65 Å². The Balaban J connectivity index is 1.48. The summed E-state index contributed by atoms with van der Waals surface area (Å²) in [4.78, 5) is 15.5. The summed E-state index contributed by atoms with van der Waals surface area (Å²) in [6, 6.07) is 15.0. The van der Waals surface area contributed by atoms with Gasteiger partial charge in [-0.3, -0.25) is 19.4 Å². The number of nitrogens with zero attached hydrogens (tertiary/aromatic N) is 3. The minimum absolute atomic E-state index is 0.137. The van der Waals surface area contributed by atoms with Crippen molar-refractivity contribution in [2.75, 3.05) is 0 Å². The van der Waals surface area contributed by atoms with Gasteiger partial charge in [-0.25, -0.2) is 0 Å². The Morgan fingerprint density at radius 1 is 0.903 bits per heavy atom. The van der Waals surface area contributed by atoms with Crippen LogP contribution in [-0.2, 0) is 32.4 Å². The summed E-state index contributed by atoms with van der Waals surface area (Å²) in [5, 5.41) is 7.89. The van der Waals surface area contributed by atoms with Crippen LogP contribution >= 0.6 is 0 Å². The smallest absolute Gasteiger partial charge is 0.290 e. The summed E-state index contributed by atoms with van der Waals surface area (Å²) in [6.45, 7) is 2.07. The lowest BCUT2D eigenvalue weighted by molar-refractivity contribution is -0.137. The average molecular weight is 424 g/mol. The van der Waals surface area contributed by atoms with Crippen LogP contribution in [0, 0.1) is 0 Å². The number of hydrogen-bond donors (Lipinski definition) is 1. The Morgan fingerprint density at radius 2 is 1.58 bits per heavy atom. The van der Waals surface area contributed by atoms with Crippen molar-refractivity contribution in [2.24, 2.45) is 0 Å². The first-order chi connectivity index (χ1) is 14.9. The molecule has 158 valence electrons. The number of hydrogen-bond acceptors (Lipinski definition) is 3. The van der Waals surface area contributed by atoms with E-state index in [4.69, 9.17) is 0 Å². The largest absolute Gasteiger partial charge is 0.416 e. The van der Waals surface area contributed by atoms with Crippen LogP contribution in [0.25, 0.3) is 11.0 Å². The van der Waals surface area contributed by atoms with E-state index >= 15 is 0 Å². The van der Waals surface area contributed by atoms with E-state index in [0.29, 0.717) is 24.3 Å². The summed E-state index contributed by atoms with van der Waals surface area (Å²) in [6.07, 6.45) is -2.68. The second-order valence-corrected chi connectivity index (χ2v) is 7.81. The Morgan fingerprint density at radius 3 is 2.29 bits per heavy atom. The standard InChI is InChI=1S/C23H19F3N4O/c24-23(25,26)17-8-6-16(7-9-17)12-30-21-18(10-27-28-21)19-13-29(14-20(19)22(30)31)11-15-4-2-1-3-5-15/h1-10H,11-14H2,(H,27,28). The highest BCUT2D eigenvalue weighted by Gasteiger charge is 2.30. The van der Waals surface area contributed by atoms with E-state index in [2.05, 4.69) is 27.2 Å². The van der Waals surface area contributed by atoms with Crippen LogP contribution in [0.5, 0.6) is 0 Å². The van der Waals surface area contributed by atoms with Gasteiger partial charge in [-0.2, -0.15) is 18.3 Å². The molecular weight excluding hydrogens is 405 g/mol. The van der Waals surface area contributed by atoms with Crippen molar-refractivity contribution >= 4 is 11.0 Å². The third-order valence-corrected chi connectivity index (χ3v) is 5.72. The van der Waals surface area contributed by atoms with Crippen LogP contribution in [0.2, 0.25) is 0 Å². The minimum atomic E-state index is -4.39. The Kier molecular flexibility index (Phi) is 4.66. The Bertz CT molecular complexity index is 1290. The van der Waals surface area contributed by atoms with Gasteiger partial charge >= 0.3 is 6.18 Å². The van der Waals surface area contributed by atoms with E-state index < -0.39 is 11.7 Å². The van der Waals surface area contributed by atoms with Crippen LogP contribution < -0.4 is 5.56 Å². The zero-order chi connectivity index (χ0) is 21.6. The molecule has 1 N–H and O–H groups in total. The SMILES string of the molecule is O=c1c2c(c3cn[nH]c3n1Cc1ccc(C(F)(F)F)cc1)CN(Cc1ccccc1)C2. The molecule has 0 saturated heterocycles. The summed E-state index contributed by atoms with van der Waals surface area (Å²) in [5.74, 6) is 0. The zero-order valence-corrected chi connectivity index (χ0v) is 16.5. The third kappa shape index (κ3) is 3.63. The van der Waals surface area contributed by atoms with Gasteiger partial charge in [0.05, 0.1) is 18.3 Å². The summed E-state index contributed by atoms with van der Waals surface area (Å²) in [7, 11) is 0. The van der Waals surface area contributed by atoms with Gasteiger partial charge < -0.3 is 0 Å². The highest BCUT2D eigenvalue weighted by molar-refractivity contribution is 5.80. The lowest BCUT2D eigenvalue weighted by atomic mass is 10.1. The second-order valence-electron chi connectivity index (χ2n) is 7.81. The van der Waals surface area contributed by atoms with Crippen molar-refractivity contribution < 1.29 is 13.2 Å². The first-order valence-electron chi connectivity index (χ1n) is 9.90. The maximum Gasteiger partial charge on any atom is 0.416 e. The predicted molar refractivity (Wildman–Crippen MR) is 110 cm³/mol. The summed E-state index contributed by atoms with van der Waals surface area (Å²) < 4.78 is 40.1. The van der Waals surface area contributed by atoms with Crippen LogP contribution in [-0.4, -0.2) is 19.7 Å². The fourth-order valence-corrected chi connectivity index (χ4v) is 4.19.